The van der Waals surface area contributed by atoms with Gasteiger partial charge in [0.05, 0.1) is 12.8 Å². The Morgan fingerprint density at radius 1 is 0.553 bits per heavy atom. The summed E-state index contributed by atoms with van der Waals surface area (Å²) in [5.41, 5.74) is 0. The number of allylic oxidation sites excluding steroid dienone is 2. The summed E-state index contributed by atoms with van der Waals surface area (Å²) >= 11 is 0. The standard InChI is InChI=1S/C35H65N3/c1-2-3-4-5-6-14-19-24-29-36-31-38-34-28-23-18-13-10-15-20-25-30-37(34)33-27-22-17-12-9-7-8-11-16-21-26-32(36)35(33)38/h8,11,32-35H,2-7,9-10,12-31H2,1H3/b11-8-. The highest BCUT2D eigenvalue weighted by atomic mass is 15.5. The summed E-state index contributed by atoms with van der Waals surface area (Å²) in [5.74, 6) is 0. The maximum Gasteiger partial charge on any atom is 0.0640 e. The lowest BCUT2D eigenvalue weighted by Crippen LogP contribution is -2.47. The molecule has 0 N–H and O–H groups in total. The zero-order chi connectivity index (χ0) is 26.3. The monoisotopic (exact) mass is 528 g/mol. The average Bonchev–Trinajstić information content (AvgIpc) is 3.39. The van der Waals surface area contributed by atoms with E-state index in [0.717, 1.165) is 24.3 Å². The summed E-state index contributed by atoms with van der Waals surface area (Å²) < 4.78 is 0. The number of rotatable bonds is 9. The predicted molar refractivity (Wildman–Crippen MR) is 166 cm³/mol. The van der Waals surface area contributed by atoms with Gasteiger partial charge in [-0.1, -0.05) is 122 Å². The molecule has 0 radical (unpaired) electrons. The van der Waals surface area contributed by atoms with E-state index in [9.17, 15) is 0 Å². The average molecular weight is 528 g/mol. The Morgan fingerprint density at radius 3 is 1.95 bits per heavy atom. The van der Waals surface area contributed by atoms with Crippen LogP contribution in [0.4, 0.5) is 0 Å². The lowest BCUT2D eigenvalue weighted by atomic mass is 9.91. The lowest BCUT2D eigenvalue weighted by Gasteiger charge is -2.36. The van der Waals surface area contributed by atoms with Crippen molar-refractivity contribution in [1.29, 1.82) is 0 Å². The second-order valence-electron chi connectivity index (χ2n) is 13.4. The van der Waals surface area contributed by atoms with E-state index in [1.165, 1.54) is 180 Å². The molecule has 3 saturated heterocycles. The van der Waals surface area contributed by atoms with Crippen molar-refractivity contribution in [2.45, 2.75) is 192 Å². The molecule has 0 aromatic carbocycles. The van der Waals surface area contributed by atoms with Gasteiger partial charge >= 0.3 is 0 Å². The second kappa shape index (κ2) is 18.1. The first-order valence-electron chi connectivity index (χ1n) is 17.8. The lowest BCUT2D eigenvalue weighted by molar-refractivity contribution is 0.0778. The molecule has 0 aromatic rings. The molecule has 3 nitrogen and oxygen atoms in total. The quantitative estimate of drug-likeness (QED) is 0.218. The maximum absolute atomic E-state index is 3.09. The van der Waals surface area contributed by atoms with Gasteiger partial charge < -0.3 is 0 Å². The Bertz CT molecular complexity index is 633. The predicted octanol–water partition coefficient (Wildman–Crippen LogP) is 9.66. The molecular formula is C35H65N3. The van der Waals surface area contributed by atoms with Crippen LogP contribution in [0.25, 0.3) is 0 Å². The van der Waals surface area contributed by atoms with E-state index < -0.39 is 0 Å². The van der Waals surface area contributed by atoms with Gasteiger partial charge in [-0.25, -0.2) is 0 Å². The first-order valence-corrected chi connectivity index (χ1v) is 17.8. The summed E-state index contributed by atoms with van der Waals surface area (Å²) in [7, 11) is 0. The molecule has 0 saturated carbocycles. The third-order valence-electron chi connectivity index (χ3n) is 10.5. The van der Waals surface area contributed by atoms with Crippen LogP contribution in [0.3, 0.4) is 0 Å². The van der Waals surface area contributed by atoms with Crippen LogP contribution in [0.5, 0.6) is 0 Å². The third kappa shape index (κ3) is 9.34. The summed E-state index contributed by atoms with van der Waals surface area (Å²) in [6.07, 6.45) is 41.5. The van der Waals surface area contributed by atoms with Gasteiger partial charge in [-0.3, -0.25) is 14.7 Å². The molecule has 3 fully saturated rings. The highest BCUT2D eigenvalue weighted by Gasteiger charge is 2.54. The zero-order valence-corrected chi connectivity index (χ0v) is 25.6. The fourth-order valence-corrected chi connectivity index (χ4v) is 8.40. The number of hydrogen-bond donors (Lipinski definition) is 0. The zero-order valence-electron chi connectivity index (χ0n) is 25.6. The number of fused-ring (bicyclic) bond motifs is 3. The Kier molecular flexibility index (Phi) is 14.6. The van der Waals surface area contributed by atoms with Crippen LogP contribution in [0, 0.1) is 0 Å². The molecule has 1 aliphatic carbocycles. The van der Waals surface area contributed by atoms with Crippen molar-refractivity contribution in [1.82, 2.24) is 14.7 Å². The number of nitrogens with zero attached hydrogens (tertiary/aromatic N) is 3. The highest BCUT2D eigenvalue weighted by Crippen LogP contribution is 2.42. The number of hydrogen-bond acceptors (Lipinski definition) is 3. The molecule has 4 rings (SSSR count). The molecule has 4 unspecified atom stereocenters. The van der Waals surface area contributed by atoms with Crippen molar-refractivity contribution in [2.75, 3.05) is 19.8 Å². The van der Waals surface area contributed by atoms with Crippen LogP contribution in [0.2, 0.25) is 0 Å². The van der Waals surface area contributed by atoms with Gasteiger partial charge in [-0.15, -0.1) is 0 Å². The van der Waals surface area contributed by atoms with Crippen LogP contribution in [0.1, 0.15) is 167 Å². The normalized spacial score (nSPS) is 32.2. The highest BCUT2D eigenvalue weighted by molar-refractivity contribution is 5.08. The molecule has 3 heterocycles. The van der Waals surface area contributed by atoms with Crippen molar-refractivity contribution >= 4 is 0 Å². The smallest absolute Gasteiger partial charge is 0.0640 e. The summed E-state index contributed by atoms with van der Waals surface area (Å²) in [6, 6.07) is 2.40. The molecule has 3 aliphatic heterocycles. The molecule has 4 atom stereocenters. The molecule has 0 aromatic heterocycles. The number of unbranched alkanes of at least 4 members (excludes halogenated alkanes) is 7. The van der Waals surface area contributed by atoms with Crippen LogP contribution < -0.4 is 0 Å². The van der Waals surface area contributed by atoms with Crippen molar-refractivity contribution in [3.05, 3.63) is 12.2 Å². The van der Waals surface area contributed by atoms with E-state index in [4.69, 9.17) is 0 Å². The maximum atomic E-state index is 3.09. The fourth-order valence-electron chi connectivity index (χ4n) is 8.40. The molecular weight excluding hydrogens is 462 g/mol. The van der Waals surface area contributed by atoms with Crippen molar-refractivity contribution in [3.63, 3.8) is 0 Å². The van der Waals surface area contributed by atoms with Gasteiger partial charge in [0.1, 0.15) is 0 Å². The van der Waals surface area contributed by atoms with Gasteiger partial charge in [0.25, 0.3) is 0 Å². The first kappa shape index (κ1) is 30.6. The molecule has 3 heteroatoms. The topological polar surface area (TPSA) is 9.72 Å². The van der Waals surface area contributed by atoms with E-state index in [-0.39, 0.29) is 0 Å². The van der Waals surface area contributed by atoms with E-state index >= 15 is 0 Å². The van der Waals surface area contributed by atoms with Gasteiger partial charge in [0.2, 0.25) is 0 Å². The molecule has 0 bridgehead atoms. The third-order valence-corrected chi connectivity index (χ3v) is 10.5. The second-order valence-corrected chi connectivity index (χ2v) is 13.4. The van der Waals surface area contributed by atoms with E-state index in [2.05, 4.69) is 33.8 Å². The largest absolute Gasteiger partial charge is 0.286 e. The van der Waals surface area contributed by atoms with Crippen LogP contribution >= 0.6 is 0 Å². The molecule has 0 amide bonds. The molecule has 0 spiro atoms. The summed E-state index contributed by atoms with van der Waals surface area (Å²) in [6.45, 7) is 6.31. The van der Waals surface area contributed by atoms with E-state index in [1.54, 1.807) is 0 Å². The van der Waals surface area contributed by atoms with Gasteiger partial charge in [0.15, 0.2) is 0 Å². The summed E-state index contributed by atoms with van der Waals surface area (Å²) in [4.78, 5) is 9.15. The fraction of sp³-hybridized carbons (Fsp3) is 0.943. The van der Waals surface area contributed by atoms with Crippen LogP contribution in [-0.2, 0) is 0 Å². The Balaban J connectivity index is 1.43. The van der Waals surface area contributed by atoms with Crippen molar-refractivity contribution < 1.29 is 0 Å². The molecule has 4 aliphatic rings. The van der Waals surface area contributed by atoms with E-state index in [1.807, 2.05) is 0 Å². The minimum Gasteiger partial charge on any atom is -0.286 e. The van der Waals surface area contributed by atoms with Crippen molar-refractivity contribution in [3.8, 4) is 0 Å². The van der Waals surface area contributed by atoms with E-state index in [0.29, 0.717) is 0 Å². The molecule has 220 valence electrons. The van der Waals surface area contributed by atoms with Gasteiger partial charge in [-0.2, -0.15) is 0 Å². The van der Waals surface area contributed by atoms with Crippen LogP contribution in [0.15, 0.2) is 12.2 Å². The van der Waals surface area contributed by atoms with Crippen LogP contribution in [-0.4, -0.2) is 58.7 Å². The first-order chi connectivity index (χ1) is 18.9. The minimum atomic E-state index is 0.727. The SMILES string of the molecule is CCCCCCCCCCN1CN2C3C1CCC/C=C\CCCCCCC3N1CCCCCCCCCC12. The Morgan fingerprint density at radius 2 is 1.16 bits per heavy atom. The minimum absolute atomic E-state index is 0.727. The Labute approximate surface area is 238 Å². The van der Waals surface area contributed by atoms with Crippen molar-refractivity contribution in [2.24, 2.45) is 0 Å². The molecule has 38 heavy (non-hydrogen) atoms. The Hall–Kier alpha value is -0.380. The van der Waals surface area contributed by atoms with Gasteiger partial charge in [-0.05, 0) is 70.9 Å². The summed E-state index contributed by atoms with van der Waals surface area (Å²) in [5, 5.41) is 0. The van der Waals surface area contributed by atoms with Gasteiger partial charge in [0, 0.05) is 18.1 Å².